The van der Waals surface area contributed by atoms with Gasteiger partial charge in [-0.25, -0.2) is 0 Å². The zero-order valence-electron chi connectivity index (χ0n) is 12.5. The molecule has 1 fully saturated rings. The first-order valence-electron chi connectivity index (χ1n) is 7.75. The SMILES string of the molecule is CCCNC(C)(CO)CN1CCCCC1CCC. The molecule has 0 radical (unpaired) electrons. The average molecular weight is 256 g/mol. The lowest BCUT2D eigenvalue weighted by Gasteiger charge is -2.42. The van der Waals surface area contributed by atoms with Crippen molar-refractivity contribution in [3.8, 4) is 0 Å². The molecule has 1 heterocycles. The molecule has 18 heavy (non-hydrogen) atoms. The average Bonchev–Trinajstić information content (AvgIpc) is 2.39. The molecule has 1 aliphatic heterocycles. The standard InChI is InChI=1S/C15H32N2O/c1-4-8-14-9-6-7-11-17(14)12-15(3,13-18)16-10-5-2/h14,16,18H,4-13H2,1-3H3. The Balaban J connectivity index is 2.54. The Morgan fingerprint density at radius 1 is 1.28 bits per heavy atom. The molecule has 0 aromatic carbocycles. The highest BCUT2D eigenvalue weighted by Gasteiger charge is 2.30. The van der Waals surface area contributed by atoms with E-state index in [0.29, 0.717) is 0 Å². The van der Waals surface area contributed by atoms with Crippen molar-refractivity contribution in [2.24, 2.45) is 0 Å². The van der Waals surface area contributed by atoms with Crippen molar-refractivity contribution in [1.29, 1.82) is 0 Å². The summed E-state index contributed by atoms with van der Waals surface area (Å²) in [5.41, 5.74) is -0.140. The molecule has 0 aromatic rings. The third-order valence-electron chi connectivity index (χ3n) is 4.07. The molecule has 1 aliphatic rings. The van der Waals surface area contributed by atoms with E-state index in [4.69, 9.17) is 0 Å². The van der Waals surface area contributed by atoms with Crippen LogP contribution in [-0.4, -0.2) is 47.8 Å². The topological polar surface area (TPSA) is 35.5 Å². The van der Waals surface area contributed by atoms with E-state index in [1.165, 1.54) is 38.6 Å². The normalized spacial score (nSPS) is 25.0. The third kappa shape index (κ3) is 4.87. The molecular weight excluding hydrogens is 224 g/mol. The van der Waals surface area contributed by atoms with Gasteiger partial charge in [0.25, 0.3) is 0 Å². The summed E-state index contributed by atoms with van der Waals surface area (Å²) in [7, 11) is 0. The molecule has 2 N–H and O–H groups in total. The van der Waals surface area contributed by atoms with Crippen LogP contribution in [0.25, 0.3) is 0 Å². The molecule has 3 nitrogen and oxygen atoms in total. The summed E-state index contributed by atoms with van der Waals surface area (Å²) in [6.45, 7) is 9.99. The summed E-state index contributed by atoms with van der Waals surface area (Å²) in [4.78, 5) is 2.60. The molecule has 0 saturated carbocycles. The van der Waals surface area contributed by atoms with Gasteiger partial charge < -0.3 is 10.4 Å². The zero-order valence-corrected chi connectivity index (χ0v) is 12.5. The molecular formula is C15H32N2O. The van der Waals surface area contributed by atoms with Gasteiger partial charge in [0.1, 0.15) is 0 Å². The van der Waals surface area contributed by atoms with Gasteiger partial charge in [-0.2, -0.15) is 0 Å². The molecule has 108 valence electrons. The van der Waals surface area contributed by atoms with E-state index in [2.05, 4.69) is 31.0 Å². The van der Waals surface area contributed by atoms with Gasteiger partial charge in [0.05, 0.1) is 12.1 Å². The van der Waals surface area contributed by atoms with Crippen LogP contribution in [0.2, 0.25) is 0 Å². The number of rotatable bonds is 8. The first-order valence-corrected chi connectivity index (χ1v) is 7.75. The van der Waals surface area contributed by atoms with Gasteiger partial charge in [0.15, 0.2) is 0 Å². The molecule has 0 aromatic heterocycles. The van der Waals surface area contributed by atoms with Crippen molar-refractivity contribution in [3.05, 3.63) is 0 Å². The Bertz CT molecular complexity index is 221. The number of aliphatic hydroxyl groups is 1. The number of likely N-dealkylation sites (tertiary alicyclic amines) is 1. The maximum atomic E-state index is 9.67. The van der Waals surface area contributed by atoms with Crippen LogP contribution in [0, 0.1) is 0 Å². The lowest BCUT2D eigenvalue weighted by molar-refractivity contribution is 0.0705. The maximum Gasteiger partial charge on any atom is 0.0623 e. The fourth-order valence-corrected chi connectivity index (χ4v) is 2.97. The molecule has 1 rings (SSSR count). The molecule has 0 amide bonds. The van der Waals surface area contributed by atoms with E-state index in [-0.39, 0.29) is 12.1 Å². The van der Waals surface area contributed by atoms with Crippen LogP contribution in [0.4, 0.5) is 0 Å². The summed E-state index contributed by atoms with van der Waals surface area (Å²) in [6.07, 6.45) is 7.71. The Kier molecular flexibility index (Phi) is 7.20. The Labute approximate surface area is 113 Å². The van der Waals surface area contributed by atoms with Crippen molar-refractivity contribution in [3.63, 3.8) is 0 Å². The van der Waals surface area contributed by atoms with Gasteiger partial charge in [-0.1, -0.05) is 26.7 Å². The van der Waals surface area contributed by atoms with Crippen molar-refractivity contribution >= 4 is 0 Å². The van der Waals surface area contributed by atoms with E-state index in [1.54, 1.807) is 0 Å². The van der Waals surface area contributed by atoms with Gasteiger partial charge in [-0.3, -0.25) is 4.90 Å². The second kappa shape index (κ2) is 8.13. The van der Waals surface area contributed by atoms with E-state index >= 15 is 0 Å². The van der Waals surface area contributed by atoms with Gasteiger partial charge >= 0.3 is 0 Å². The first kappa shape index (κ1) is 15.9. The number of piperidine rings is 1. The van der Waals surface area contributed by atoms with Crippen LogP contribution in [0.1, 0.15) is 59.3 Å². The molecule has 1 saturated heterocycles. The lowest BCUT2D eigenvalue weighted by atomic mass is 9.94. The molecule has 3 heteroatoms. The summed E-state index contributed by atoms with van der Waals surface area (Å²) in [5, 5.41) is 13.2. The predicted molar refractivity (Wildman–Crippen MR) is 77.9 cm³/mol. The molecule has 2 atom stereocenters. The predicted octanol–water partition coefficient (Wildman–Crippen LogP) is 2.39. The van der Waals surface area contributed by atoms with Gasteiger partial charge in [-0.05, 0) is 45.7 Å². The van der Waals surface area contributed by atoms with Crippen LogP contribution in [-0.2, 0) is 0 Å². The van der Waals surface area contributed by atoms with Crippen molar-refractivity contribution in [2.45, 2.75) is 70.9 Å². The lowest BCUT2D eigenvalue weighted by Crippen LogP contribution is -2.57. The van der Waals surface area contributed by atoms with Crippen molar-refractivity contribution in [2.75, 3.05) is 26.2 Å². The summed E-state index contributed by atoms with van der Waals surface area (Å²) in [5.74, 6) is 0. The summed E-state index contributed by atoms with van der Waals surface area (Å²) < 4.78 is 0. The summed E-state index contributed by atoms with van der Waals surface area (Å²) >= 11 is 0. The highest BCUT2D eigenvalue weighted by molar-refractivity contribution is 4.89. The quantitative estimate of drug-likeness (QED) is 0.700. The fraction of sp³-hybridized carbons (Fsp3) is 1.00. The number of hydrogen-bond acceptors (Lipinski definition) is 3. The second-order valence-electron chi connectivity index (χ2n) is 6.05. The highest BCUT2D eigenvalue weighted by Crippen LogP contribution is 2.22. The number of nitrogens with one attached hydrogen (secondary N) is 1. The third-order valence-corrected chi connectivity index (χ3v) is 4.07. The Morgan fingerprint density at radius 3 is 2.67 bits per heavy atom. The number of hydrogen-bond donors (Lipinski definition) is 2. The van der Waals surface area contributed by atoms with Gasteiger partial charge in [0.2, 0.25) is 0 Å². The van der Waals surface area contributed by atoms with Crippen LogP contribution in [0.3, 0.4) is 0 Å². The van der Waals surface area contributed by atoms with E-state index < -0.39 is 0 Å². The zero-order chi connectivity index (χ0) is 13.4. The minimum absolute atomic E-state index is 0.140. The fourth-order valence-electron chi connectivity index (χ4n) is 2.97. The Morgan fingerprint density at radius 2 is 2.06 bits per heavy atom. The molecule has 0 bridgehead atoms. The van der Waals surface area contributed by atoms with Crippen molar-refractivity contribution < 1.29 is 5.11 Å². The van der Waals surface area contributed by atoms with Crippen LogP contribution < -0.4 is 5.32 Å². The Hall–Kier alpha value is -0.120. The minimum Gasteiger partial charge on any atom is -0.394 e. The highest BCUT2D eigenvalue weighted by atomic mass is 16.3. The smallest absolute Gasteiger partial charge is 0.0623 e. The molecule has 2 unspecified atom stereocenters. The first-order chi connectivity index (χ1) is 8.65. The second-order valence-corrected chi connectivity index (χ2v) is 6.05. The van der Waals surface area contributed by atoms with Crippen LogP contribution in [0.5, 0.6) is 0 Å². The minimum atomic E-state index is -0.140. The largest absolute Gasteiger partial charge is 0.394 e. The van der Waals surface area contributed by atoms with Gasteiger partial charge in [-0.15, -0.1) is 0 Å². The number of nitrogens with zero attached hydrogens (tertiary/aromatic N) is 1. The summed E-state index contributed by atoms with van der Waals surface area (Å²) in [6, 6.07) is 0.734. The monoisotopic (exact) mass is 256 g/mol. The maximum absolute atomic E-state index is 9.67. The number of aliphatic hydroxyl groups excluding tert-OH is 1. The van der Waals surface area contributed by atoms with E-state index in [9.17, 15) is 5.11 Å². The van der Waals surface area contributed by atoms with Gasteiger partial charge in [0, 0.05) is 12.6 Å². The van der Waals surface area contributed by atoms with E-state index in [1.807, 2.05) is 0 Å². The van der Waals surface area contributed by atoms with Crippen molar-refractivity contribution in [1.82, 2.24) is 10.2 Å². The molecule has 0 spiro atoms. The molecule has 0 aliphatic carbocycles. The van der Waals surface area contributed by atoms with Crippen LogP contribution in [0.15, 0.2) is 0 Å². The van der Waals surface area contributed by atoms with Crippen LogP contribution >= 0.6 is 0 Å². The van der Waals surface area contributed by atoms with E-state index in [0.717, 1.165) is 25.6 Å².